The Balaban J connectivity index is 1.48. The Labute approximate surface area is 190 Å². The van der Waals surface area contributed by atoms with Gasteiger partial charge in [0.25, 0.3) is 11.3 Å². The third-order valence-electron chi connectivity index (χ3n) is 5.00. The average Bonchev–Trinajstić information content (AvgIpc) is 3.18. The number of carbonyl (C=O) groups is 1. The van der Waals surface area contributed by atoms with Crippen molar-refractivity contribution in [1.29, 1.82) is 0 Å². The fourth-order valence-corrected chi connectivity index (χ4v) is 3.60. The number of fused-ring (bicyclic) bond motifs is 2. The summed E-state index contributed by atoms with van der Waals surface area (Å²) in [6, 6.07) is 11.7. The molecule has 5 rings (SSSR count). The van der Waals surface area contributed by atoms with Gasteiger partial charge in [-0.05, 0) is 49.4 Å². The Bertz CT molecular complexity index is 1590. The van der Waals surface area contributed by atoms with Crippen LogP contribution in [0, 0.1) is 12.7 Å². The van der Waals surface area contributed by atoms with Crippen molar-refractivity contribution in [2.24, 2.45) is 0 Å². The van der Waals surface area contributed by atoms with Gasteiger partial charge in [-0.1, -0.05) is 16.8 Å². The molecule has 5 aromatic rings. The molecule has 33 heavy (non-hydrogen) atoms. The topological polar surface area (TPSA) is 99.6 Å². The largest absolute Gasteiger partial charge is 0.456 e. The van der Waals surface area contributed by atoms with Crippen molar-refractivity contribution in [2.45, 2.75) is 13.5 Å². The Hall–Kier alpha value is -4.11. The summed E-state index contributed by atoms with van der Waals surface area (Å²) in [4.78, 5) is 34.1. The first-order valence-electron chi connectivity index (χ1n) is 9.77. The number of nitrogens with zero attached hydrogens (tertiary/aromatic N) is 4. The van der Waals surface area contributed by atoms with Gasteiger partial charge in [-0.2, -0.15) is 0 Å². The maximum Gasteiger partial charge on any atom is 0.339 e. The lowest BCUT2D eigenvalue weighted by atomic mass is 10.1. The lowest BCUT2D eigenvalue weighted by Crippen LogP contribution is -2.16. The number of hydrogen-bond acceptors (Lipinski definition) is 7. The molecule has 0 atom stereocenters. The van der Waals surface area contributed by atoms with E-state index in [-0.39, 0.29) is 29.1 Å². The zero-order chi connectivity index (χ0) is 23.1. The summed E-state index contributed by atoms with van der Waals surface area (Å²) < 4.78 is 25.3. The van der Waals surface area contributed by atoms with E-state index in [1.807, 2.05) is 0 Å². The third kappa shape index (κ3) is 3.94. The summed E-state index contributed by atoms with van der Waals surface area (Å²) in [5.41, 5.74) is 2.08. The van der Waals surface area contributed by atoms with Crippen LogP contribution in [-0.2, 0) is 11.3 Å². The summed E-state index contributed by atoms with van der Waals surface area (Å²) in [6.07, 6.45) is 1.46. The molecule has 10 heteroatoms. The van der Waals surface area contributed by atoms with E-state index in [1.165, 1.54) is 34.9 Å². The molecule has 0 aliphatic rings. The van der Waals surface area contributed by atoms with Gasteiger partial charge in [0.2, 0.25) is 0 Å². The maximum atomic E-state index is 13.3. The summed E-state index contributed by atoms with van der Waals surface area (Å²) in [6.45, 7) is 1.45. The highest BCUT2D eigenvalue weighted by atomic mass is 35.5. The SMILES string of the molecule is Cc1noc2nc(-c3ccc(F)cc3)cc(C(=O)OCc3cc(=O)n4cc(Cl)ccc4n3)c12. The molecule has 8 nitrogen and oxygen atoms in total. The smallest absolute Gasteiger partial charge is 0.339 e. The maximum absolute atomic E-state index is 13.3. The molecule has 4 heterocycles. The van der Waals surface area contributed by atoms with E-state index in [9.17, 15) is 14.0 Å². The highest BCUT2D eigenvalue weighted by Gasteiger charge is 2.21. The third-order valence-corrected chi connectivity index (χ3v) is 5.23. The van der Waals surface area contributed by atoms with Gasteiger partial charge in [0, 0.05) is 17.8 Å². The van der Waals surface area contributed by atoms with Gasteiger partial charge in [0.1, 0.15) is 18.1 Å². The fraction of sp³-hybridized carbons (Fsp3) is 0.0870. The van der Waals surface area contributed by atoms with Gasteiger partial charge in [-0.25, -0.2) is 19.2 Å². The van der Waals surface area contributed by atoms with Crippen LogP contribution in [0.1, 0.15) is 21.7 Å². The van der Waals surface area contributed by atoms with Crippen molar-refractivity contribution < 1.29 is 18.4 Å². The molecule has 0 unspecified atom stereocenters. The first-order chi connectivity index (χ1) is 15.9. The molecular formula is C23H14ClFN4O4. The van der Waals surface area contributed by atoms with Gasteiger partial charge in [-0.3, -0.25) is 9.20 Å². The predicted octanol–water partition coefficient (Wildman–Crippen LogP) is 4.36. The molecule has 164 valence electrons. The van der Waals surface area contributed by atoms with Crippen molar-refractivity contribution in [1.82, 2.24) is 19.5 Å². The Morgan fingerprint density at radius 2 is 1.94 bits per heavy atom. The lowest BCUT2D eigenvalue weighted by molar-refractivity contribution is 0.0470. The molecular weight excluding hydrogens is 451 g/mol. The second-order valence-corrected chi connectivity index (χ2v) is 7.68. The number of hydrogen-bond donors (Lipinski definition) is 0. The number of pyridine rings is 2. The van der Waals surface area contributed by atoms with Crippen LogP contribution in [0.15, 0.2) is 64.0 Å². The minimum absolute atomic E-state index is 0.153. The van der Waals surface area contributed by atoms with E-state index in [2.05, 4.69) is 15.1 Å². The van der Waals surface area contributed by atoms with Gasteiger partial charge >= 0.3 is 5.97 Å². The van der Waals surface area contributed by atoms with Crippen LogP contribution in [0.5, 0.6) is 0 Å². The Kier molecular flexibility index (Phi) is 5.10. The van der Waals surface area contributed by atoms with Crippen LogP contribution < -0.4 is 5.56 Å². The minimum atomic E-state index is -0.671. The van der Waals surface area contributed by atoms with Gasteiger partial charge < -0.3 is 9.26 Å². The lowest BCUT2D eigenvalue weighted by Gasteiger charge is -2.08. The summed E-state index contributed by atoms with van der Waals surface area (Å²) in [5.74, 6) is -1.06. The molecule has 0 aliphatic carbocycles. The van der Waals surface area contributed by atoms with Crippen LogP contribution >= 0.6 is 11.6 Å². The molecule has 4 aromatic heterocycles. The Morgan fingerprint density at radius 3 is 2.73 bits per heavy atom. The van der Waals surface area contributed by atoms with Crippen molar-refractivity contribution in [3.63, 3.8) is 0 Å². The number of benzene rings is 1. The van der Waals surface area contributed by atoms with Gasteiger partial charge in [0.05, 0.1) is 33.1 Å². The zero-order valence-electron chi connectivity index (χ0n) is 17.1. The fourth-order valence-electron chi connectivity index (χ4n) is 3.44. The first-order valence-corrected chi connectivity index (χ1v) is 10.1. The van der Waals surface area contributed by atoms with Crippen molar-refractivity contribution in [3.8, 4) is 11.3 Å². The molecule has 0 amide bonds. The van der Waals surface area contributed by atoms with E-state index in [4.69, 9.17) is 20.9 Å². The van der Waals surface area contributed by atoms with Crippen LogP contribution in [-0.4, -0.2) is 25.5 Å². The second-order valence-electron chi connectivity index (χ2n) is 7.25. The summed E-state index contributed by atoms with van der Waals surface area (Å²) in [7, 11) is 0. The van der Waals surface area contributed by atoms with Crippen molar-refractivity contribution in [2.75, 3.05) is 0 Å². The number of ether oxygens (including phenoxy) is 1. The summed E-state index contributed by atoms with van der Waals surface area (Å²) in [5, 5.41) is 4.69. The molecule has 0 saturated heterocycles. The van der Waals surface area contributed by atoms with E-state index < -0.39 is 11.8 Å². The number of carbonyl (C=O) groups excluding carboxylic acids is 1. The first kappa shape index (κ1) is 20.8. The van der Waals surface area contributed by atoms with E-state index >= 15 is 0 Å². The Morgan fingerprint density at radius 1 is 1.15 bits per heavy atom. The van der Waals surface area contributed by atoms with Crippen molar-refractivity contribution in [3.05, 3.63) is 92.9 Å². The molecule has 0 fully saturated rings. The molecule has 0 radical (unpaired) electrons. The number of aryl methyl sites for hydroxylation is 1. The van der Waals surface area contributed by atoms with E-state index in [1.54, 1.807) is 31.2 Å². The second kappa shape index (κ2) is 8.10. The predicted molar refractivity (Wildman–Crippen MR) is 118 cm³/mol. The number of esters is 1. The normalized spacial score (nSPS) is 11.2. The molecule has 0 aliphatic heterocycles. The van der Waals surface area contributed by atoms with Crippen molar-refractivity contribution >= 4 is 34.3 Å². The average molecular weight is 465 g/mol. The molecule has 0 saturated carbocycles. The van der Waals surface area contributed by atoms with E-state index in [0.717, 1.165) is 0 Å². The van der Waals surface area contributed by atoms with Crippen LogP contribution in [0.3, 0.4) is 0 Å². The number of aromatic nitrogens is 4. The van der Waals surface area contributed by atoms with Crippen LogP contribution in [0.4, 0.5) is 4.39 Å². The monoisotopic (exact) mass is 464 g/mol. The highest BCUT2D eigenvalue weighted by Crippen LogP contribution is 2.28. The quantitative estimate of drug-likeness (QED) is 0.364. The molecule has 0 N–H and O–H groups in total. The van der Waals surface area contributed by atoms with Gasteiger partial charge in [-0.15, -0.1) is 0 Å². The molecule has 0 spiro atoms. The molecule has 1 aromatic carbocycles. The number of halogens is 2. The standard InChI is InChI=1S/C23H14ClFN4O4/c1-12-21-17(9-18(27-22(21)33-28-12)13-2-5-15(25)6-3-13)23(31)32-11-16-8-20(30)29-10-14(24)4-7-19(29)26-16/h2-10H,11H2,1H3. The zero-order valence-corrected chi connectivity index (χ0v) is 17.8. The highest BCUT2D eigenvalue weighted by molar-refractivity contribution is 6.30. The van der Waals surface area contributed by atoms with Crippen LogP contribution in [0.25, 0.3) is 28.0 Å². The van der Waals surface area contributed by atoms with E-state index in [0.29, 0.717) is 33.0 Å². The number of rotatable bonds is 4. The van der Waals surface area contributed by atoms with Gasteiger partial charge in [0.15, 0.2) is 0 Å². The summed E-state index contributed by atoms with van der Waals surface area (Å²) >= 11 is 5.92. The molecule has 0 bridgehead atoms. The minimum Gasteiger partial charge on any atom is -0.456 e. The van der Waals surface area contributed by atoms with Crippen LogP contribution in [0.2, 0.25) is 5.02 Å².